The molecule has 6 heteroatoms. The highest BCUT2D eigenvalue weighted by molar-refractivity contribution is 7.89. The molecule has 0 N–H and O–H groups in total. The molecule has 0 aromatic rings. The minimum Gasteiger partial charge on any atom is -0.532 e. The highest BCUT2D eigenvalue weighted by Gasteiger charge is 2.72. The second kappa shape index (κ2) is 6.01. The third-order valence-corrected chi connectivity index (χ3v) is 14.5. The first kappa shape index (κ1) is 21.2. The lowest BCUT2D eigenvalue weighted by Crippen LogP contribution is -2.46. The van der Waals surface area contributed by atoms with Crippen molar-refractivity contribution in [3.63, 3.8) is 0 Å². The quantitative estimate of drug-likeness (QED) is 0.461. The van der Waals surface area contributed by atoms with Gasteiger partial charge in [0.25, 0.3) is 8.32 Å². The number of hydrogen-bond donors (Lipinski definition) is 0. The van der Waals surface area contributed by atoms with Crippen LogP contribution in [0.15, 0.2) is 12.0 Å². The molecule has 156 valence electrons. The standard InChI is InChI=1S/C21H39NO3SSi/c1-15(2)12-18(25-27(8,9)19(3,4)5)22-17-13-16-10-11-21(17,20(16,6)7)14-26(22,23)24/h12,15-17H,10-11,13-14H2,1-9H3/b18-12-/t16-,17-,21-/m0/s1. The molecule has 3 fully saturated rings. The predicted molar refractivity (Wildman–Crippen MR) is 114 cm³/mol. The molecular formula is C21H39NO3SSi. The molecule has 0 aromatic carbocycles. The fourth-order valence-corrected chi connectivity index (χ4v) is 9.04. The van der Waals surface area contributed by atoms with Gasteiger partial charge in [-0.05, 0) is 60.7 Å². The average molecular weight is 414 g/mol. The van der Waals surface area contributed by atoms with Gasteiger partial charge in [-0.2, -0.15) is 0 Å². The van der Waals surface area contributed by atoms with Crippen LogP contribution in [0.5, 0.6) is 0 Å². The molecule has 2 aliphatic carbocycles. The Hall–Kier alpha value is -0.493. The second-order valence-corrected chi connectivity index (χ2v) is 18.1. The zero-order valence-electron chi connectivity index (χ0n) is 18.7. The third kappa shape index (κ3) is 3.00. The molecule has 0 aromatic heterocycles. The van der Waals surface area contributed by atoms with Crippen molar-refractivity contribution in [2.75, 3.05) is 5.75 Å². The summed E-state index contributed by atoms with van der Waals surface area (Å²) in [6.45, 7) is 19.8. The molecule has 4 nitrogen and oxygen atoms in total. The van der Waals surface area contributed by atoms with E-state index in [0.29, 0.717) is 11.8 Å². The van der Waals surface area contributed by atoms with Crippen molar-refractivity contribution in [3.8, 4) is 0 Å². The van der Waals surface area contributed by atoms with Gasteiger partial charge in [-0.1, -0.05) is 48.5 Å². The fraction of sp³-hybridized carbons (Fsp3) is 0.905. The van der Waals surface area contributed by atoms with E-state index in [1.54, 1.807) is 4.31 Å². The number of fused-ring (bicyclic) bond motifs is 1. The van der Waals surface area contributed by atoms with Crippen LogP contribution in [0.3, 0.4) is 0 Å². The molecule has 3 atom stereocenters. The summed E-state index contributed by atoms with van der Waals surface area (Å²) >= 11 is 0. The third-order valence-electron chi connectivity index (χ3n) is 8.27. The van der Waals surface area contributed by atoms with E-state index in [4.69, 9.17) is 4.43 Å². The Bertz CT molecular complexity index is 748. The lowest BCUT2D eigenvalue weighted by atomic mass is 9.69. The van der Waals surface area contributed by atoms with Crippen molar-refractivity contribution in [1.29, 1.82) is 0 Å². The minimum absolute atomic E-state index is 0.0260. The number of allylic oxidation sites excluding steroid dienone is 1. The molecule has 1 aliphatic heterocycles. The lowest BCUT2D eigenvalue weighted by Gasteiger charge is -2.42. The van der Waals surface area contributed by atoms with Crippen molar-refractivity contribution in [2.24, 2.45) is 22.7 Å². The first-order valence-corrected chi connectivity index (χ1v) is 15.0. The SMILES string of the molecule is CC(C)/C=C(\O[Si](C)(C)C(C)(C)C)N1[C@H]2C[C@@H]3CC[C@@]2(CS1(=O)=O)C3(C)C. The van der Waals surface area contributed by atoms with E-state index >= 15 is 0 Å². The molecule has 2 bridgehead atoms. The van der Waals surface area contributed by atoms with Crippen LogP contribution in [0.2, 0.25) is 18.1 Å². The Morgan fingerprint density at radius 3 is 2.33 bits per heavy atom. The maximum Gasteiger partial charge on any atom is 0.252 e. The zero-order valence-corrected chi connectivity index (χ0v) is 20.5. The lowest BCUT2D eigenvalue weighted by molar-refractivity contribution is 0.107. The highest BCUT2D eigenvalue weighted by Crippen LogP contribution is 2.70. The van der Waals surface area contributed by atoms with Gasteiger partial charge in [0.15, 0.2) is 5.88 Å². The van der Waals surface area contributed by atoms with Gasteiger partial charge < -0.3 is 4.43 Å². The largest absolute Gasteiger partial charge is 0.532 e. The number of hydrogen-bond acceptors (Lipinski definition) is 3. The molecule has 1 heterocycles. The molecular weight excluding hydrogens is 374 g/mol. The second-order valence-electron chi connectivity index (χ2n) is 11.5. The maximum absolute atomic E-state index is 13.4. The van der Waals surface area contributed by atoms with E-state index in [2.05, 4.69) is 61.6 Å². The Morgan fingerprint density at radius 1 is 1.26 bits per heavy atom. The molecule has 2 saturated carbocycles. The molecule has 3 rings (SSSR count). The highest BCUT2D eigenvalue weighted by atomic mass is 32.2. The molecule has 0 amide bonds. The topological polar surface area (TPSA) is 46.6 Å². The first-order valence-electron chi connectivity index (χ1n) is 10.5. The summed E-state index contributed by atoms with van der Waals surface area (Å²) in [5.41, 5.74) is -0.0389. The van der Waals surface area contributed by atoms with Gasteiger partial charge >= 0.3 is 0 Å². The molecule has 27 heavy (non-hydrogen) atoms. The van der Waals surface area contributed by atoms with E-state index in [9.17, 15) is 8.42 Å². The Balaban J connectivity index is 2.06. The van der Waals surface area contributed by atoms with Gasteiger partial charge in [-0.25, -0.2) is 12.7 Å². The maximum atomic E-state index is 13.4. The van der Waals surface area contributed by atoms with Crippen LogP contribution >= 0.6 is 0 Å². The molecule has 0 unspecified atom stereocenters. The van der Waals surface area contributed by atoms with Gasteiger partial charge in [0, 0.05) is 5.41 Å². The van der Waals surface area contributed by atoms with Crippen molar-refractivity contribution in [1.82, 2.24) is 4.31 Å². The van der Waals surface area contributed by atoms with Crippen molar-refractivity contribution >= 4 is 18.3 Å². The van der Waals surface area contributed by atoms with E-state index < -0.39 is 18.3 Å². The van der Waals surface area contributed by atoms with E-state index in [0.717, 1.165) is 12.8 Å². The molecule has 0 radical (unpaired) electrons. The predicted octanol–water partition coefficient (Wildman–Crippen LogP) is 5.35. The van der Waals surface area contributed by atoms with E-state index in [-0.39, 0.29) is 33.6 Å². The van der Waals surface area contributed by atoms with Gasteiger partial charge in [-0.15, -0.1) is 0 Å². The summed E-state index contributed by atoms with van der Waals surface area (Å²) in [7, 11) is -5.50. The summed E-state index contributed by atoms with van der Waals surface area (Å²) in [6, 6.07) is 0.0611. The Kier molecular flexibility index (Phi) is 4.72. The van der Waals surface area contributed by atoms with Gasteiger partial charge in [0.2, 0.25) is 10.0 Å². The van der Waals surface area contributed by atoms with Crippen molar-refractivity contribution < 1.29 is 12.8 Å². The van der Waals surface area contributed by atoms with Gasteiger partial charge in [0.05, 0.1) is 11.8 Å². The Morgan fingerprint density at radius 2 is 1.85 bits per heavy atom. The van der Waals surface area contributed by atoms with Crippen LogP contribution in [0.25, 0.3) is 0 Å². The molecule has 1 spiro atoms. The van der Waals surface area contributed by atoms with Crippen molar-refractivity contribution in [3.05, 3.63) is 12.0 Å². The molecule has 3 aliphatic rings. The fourth-order valence-electron chi connectivity index (χ4n) is 5.43. The summed E-state index contributed by atoms with van der Waals surface area (Å²) < 4.78 is 35.2. The summed E-state index contributed by atoms with van der Waals surface area (Å²) in [5, 5.41) is 0.0260. The Labute approximate surface area is 167 Å². The summed E-state index contributed by atoms with van der Waals surface area (Å²) in [5.74, 6) is 1.75. The average Bonchev–Trinajstić information content (AvgIpc) is 2.91. The van der Waals surface area contributed by atoms with Crippen LogP contribution in [0.4, 0.5) is 0 Å². The number of rotatable bonds is 4. The smallest absolute Gasteiger partial charge is 0.252 e. The minimum atomic E-state index is -3.36. The number of sulfonamides is 1. The van der Waals surface area contributed by atoms with Crippen LogP contribution in [0.1, 0.15) is 67.7 Å². The van der Waals surface area contributed by atoms with Crippen LogP contribution in [0, 0.1) is 22.7 Å². The van der Waals surface area contributed by atoms with Gasteiger partial charge in [-0.3, -0.25) is 0 Å². The van der Waals surface area contributed by atoms with Crippen LogP contribution in [-0.2, 0) is 14.4 Å². The van der Waals surface area contributed by atoms with Crippen molar-refractivity contribution in [2.45, 2.75) is 91.9 Å². The number of nitrogens with zero attached hydrogens (tertiary/aromatic N) is 1. The monoisotopic (exact) mass is 413 g/mol. The normalized spacial score (nSPS) is 35.0. The summed E-state index contributed by atoms with van der Waals surface area (Å²) in [6.07, 6.45) is 5.21. The van der Waals surface area contributed by atoms with Crippen LogP contribution in [-0.4, -0.2) is 32.8 Å². The summed E-state index contributed by atoms with van der Waals surface area (Å²) in [4.78, 5) is 0. The zero-order chi connectivity index (χ0) is 20.6. The first-order chi connectivity index (χ1) is 12.1. The van der Waals surface area contributed by atoms with Crippen LogP contribution < -0.4 is 0 Å². The van der Waals surface area contributed by atoms with E-state index in [1.165, 1.54) is 6.42 Å². The van der Waals surface area contributed by atoms with E-state index in [1.807, 2.05) is 6.08 Å². The van der Waals surface area contributed by atoms with Gasteiger partial charge in [0.1, 0.15) is 0 Å². The molecule has 1 saturated heterocycles.